The number of nitrogens with one attached hydrogen (secondary N) is 3. The summed E-state index contributed by atoms with van der Waals surface area (Å²) in [6.07, 6.45) is 5.02. The van der Waals surface area contributed by atoms with Crippen molar-refractivity contribution in [2.75, 3.05) is 32.7 Å². The Morgan fingerprint density at radius 3 is 2.75 bits per heavy atom. The number of aliphatic imine (C=N–C) groups is 1. The average Bonchev–Trinajstić information content (AvgIpc) is 3.07. The van der Waals surface area contributed by atoms with E-state index in [-0.39, 0.29) is 5.82 Å². The first-order chi connectivity index (χ1) is 13.6. The highest BCUT2D eigenvalue weighted by Gasteiger charge is 2.08. The van der Waals surface area contributed by atoms with Crippen molar-refractivity contribution >= 4 is 16.9 Å². The zero-order chi connectivity index (χ0) is 20.4. The summed E-state index contributed by atoms with van der Waals surface area (Å²) in [5, 5.41) is 7.77. The van der Waals surface area contributed by atoms with E-state index in [0.717, 1.165) is 61.4 Å². The van der Waals surface area contributed by atoms with Gasteiger partial charge in [0.25, 0.3) is 0 Å². The van der Waals surface area contributed by atoms with Gasteiger partial charge in [-0.2, -0.15) is 0 Å². The number of H-pyrrole nitrogens is 1. The zero-order valence-electron chi connectivity index (χ0n) is 17.8. The largest absolute Gasteiger partial charge is 0.361 e. The smallest absolute Gasteiger partial charge is 0.191 e. The second-order valence-corrected chi connectivity index (χ2v) is 7.23. The summed E-state index contributed by atoms with van der Waals surface area (Å²) in [7, 11) is 0. The van der Waals surface area contributed by atoms with E-state index < -0.39 is 0 Å². The fourth-order valence-corrected chi connectivity index (χ4v) is 3.43. The zero-order valence-corrected chi connectivity index (χ0v) is 17.8. The van der Waals surface area contributed by atoms with Crippen molar-refractivity contribution in [1.82, 2.24) is 20.5 Å². The van der Waals surface area contributed by atoms with Gasteiger partial charge in [-0.3, -0.25) is 4.99 Å². The van der Waals surface area contributed by atoms with Crippen LogP contribution in [0.5, 0.6) is 0 Å². The molecule has 1 unspecified atom stereocenters. The average molecular weight is 390 g/mol. The Hall–Kier alpha value is -2.08. The number of hydrogen-bond acceptors (Lipinski definition) is 2. The minimum absolute atomic E-state index is 0.203. The standard InChI is InChI=1S/C22H36FN5/c1-5-24-22(27-17(4)9-8-14-28(6-2)7-3)25-13-12-18-16-26-21-11-10-19(23)15-20(18)21/h10-11,15-17,26H,5-9,12-14H2,1-4H3,(H2,24,25,27). The number of fused-ring (bicyclic) bond motifs is 1. The summed E-state index contributed by atoms with van der Waals surface area (Å²) in [4.78, 5) is 10.4. The third kappa shape index (κ3) is 6.82. The molecule has 28 heavy (non-hydrogen) atoms. The van der Waals surface area contributed by atoms with Crippen LogP contribution < -0.4 is 10.6 Å². The molecule has 1 heterocycles. The number of aromatic nitrogens is 1. The van der Waals surface area contributed by atoms with Gasteiger partial charge in [0.05, 0.1) is 0 Å². The molecular weight excluding hydrogens is 353 g/mol. The Kier molecular flexibility index (Phi) is 9.28. The minimum Gasteiger partial charge on any atom is -0.361 e. The molecule has 0 aliphatic rings. The fourth-order valence-electron chi connectivity index (χ4n) is 3.43. The number of nitrogens with zero attached hydrogens (tertiary/aromatic N) is 2. The van der Waals surface area contributed by atoms with Crippen LogP contribution in [-0.4, -0.2) is 54.6 Å². The number of guanidine groups is 1. The van der Waals surface area contributed by atoms with Crippen LogP contribution in [0.2, 0.25) is 0 Å². The predicted octanol–water partition coefficient (Wildman–Crippen LogP) is 3.92. The monoisotopic (exact) mass is 389 g/mol. The molecule has 0 fully saturated rings. The third-order valence-electron chi connectivity index (χ3n) is 5.11. The molecule has 1 aromatic carbocycles. The van der Waals surface area contributed by atoms with Crippen LogP contribution in [-0.2, 0) is 6.42 Å². The van der Waals surface area contributed by atoms with Gasteiger partial charge in [0, 0.05) is 36.2 Å². The molecule has 0 spiro atoms. The highest BCUT2D eigenvalue weighted by Crippen LogP contribution is 2.19. The van der Waals surface area contributed by atoms with Crippen LogP contribution in [0.15, 0.2) is 29.4 Å². The third-order valence-corrected chi connectivity index (χ3v) is 5.11. The molecule has 2 aromatic rings. The number of rotatable bonds is 11. The van der Waals surface area contributed by atoms with Gasteiger partial charge in [-0.05, 0) is 76.5 Å². The normalized spacial score (nSPS) is 13.3. The molecule has 0 aliphatic carbocycles. The molecule has 6 heteroatoms. The quantitative estimate of drug-likeness (QED) is 0.403. The van der Waals surface area contributed by atoms with Gasteiger partial charge in [-0.15, -0.1) is 0 Å². The van der Waals surface area contributed by atoms with Crippen molar-refractivity contribution in [2.45, 2.75) is 53.0 Å². The van der Waals surface area contributed by atoms with Crippen molar-refractivity contribution in [3.63, 3.8) is 0 Å². The number of aromatic amines is 1. The van der Waals surface area contributed by atoms with Gasteiger partial charge >= 0.3 is 0 Å². The van der Waals surface area contributed by atoms with Gasteiger partial charge in [0.15, 0.2) is 5.96 Å². The topological polar surface area (TPSA) is 55.5 Å². The van der Waals surface area contributed by atoms with Crippen LogP contribution in [0.1, 0.15) is 46.1 Å². The highest BCUT2D eigenvalue weighted by molar-refractivity contribution is 5.83. The van der Waals surface area contributed by atoms with E-state index in [1.54, 1.807) is 12.1 Å². The van der Waals surface area contributed by atoms with Gasteiger partial charge in [-0.25, -0.2) is 4.39 Å². The molecule has 0 aliphatic heterocycles. The molecule has 0 amide bonds. The summed E-state index contributed by atoms with van der Waals surface area (Å²) in [5.74, 6) is 0.647. The molecular formula is C22H36FN5. The fraction of sp³-hybridized carbons (Fsp3) is 0.591. The summed E-state index contributed by atoms with van der Waals surface area (Å²) in [6, 6.07) is 5.22. The number of benzene rings is 1. The lowest BCUT2D eigenvalue weighted by molar-refractivity contribution is 0.292. The van der Waals surface area contributed by atoms with Crippen LogP contribution in [0.3, 0.4) is 0 Å². The molecule has 156 valence electrons. The first kappa shape index (κ1) is 22.2. The van der Waals surface area contributed by atoms with E-state index in [1.165, 1.54) is 12.5 Å². The lowest BCUT2D eigenvalue weighted by atomic mass is 10.1. The van der Waals surface area contributed by atoms with Gasteiger partial charge in [0.1, 0.15) is 5.82 Å². The van der Waals surface area contributed by atoms with Gasteiger partial charge < -0.3 is 20.5 Å². The van der Waals surface area contributed by atoms with E-state index in [4.69, 9.17) is 4.99 Å². The van der Waals surface area contributed by atoms with Crippen LogP contribution in [0.4, 0.5) is 4.39 Å². The maximum absolute atomic E-state index is 13.5. The van der Waals surface area contributed by atoms with Gasteiger partial charge in [0.2, 0.25) is 0 Å². The van der Waals surface area contributed by atoms with Crippen molar-refractivity contribution in [1.29, 1.82) is 0 Å². The number of hydrogen-bond donors (Lipinski definition) is 3. The SMILES string of the molecule is CCNC(=NCCc1c[nH]c2ccc(F)cc12)NC(C)CCCN(CC)CC. The van der Waals surface area contributed by atoms with Crippen molar-refractivity contribution < 1.29 is 4.39 Å². The Morgan fingerprint density at radius 2 is 2.04 bits per heavy atom. The maximum atomic E-state index is 13.5. The predicted molar refractivity (Wildman–Crippen MR) is 118 cm³/mol. The molecule has 2 rings (SSSR count). The second-order valence-electron chi connectivity index (χ2n) is 7.23. The first-order valence-corrected chi connectivity index (χ1v) is 10.6. The van der Waals surface area contributed by atoms with Crippen LogP contribution in [0.25, 0.3) is 10.9 Å². The Labute approximate surface area is 168 Å². The Bertz CT molecular complexity index is 736. The van der Waals surface area contributed by atoms with Crippen molar-refractivity contribution in [3.05, 3.63) is 35.8 Å². The summed E-state index contributed by atoms with van der Waals surface area (Å²) in [6.45, 7) is 13.6. The number of halogens is 1. The molecule has 0 radical (unpaired) electrons. The lowest BCUT2D eigenvalue weighted by Gasteiger charge is -2.21. The molecule has 1 atom stereocenters. The Morgan fingerprint density at radius 1 is 1.25 bits per heavy atom. The van der Waals surface area contributed by atoms with Crippen molar-refractivity contribution in [2.24, 2.45) is 4.99 Å². The maximum Gasteiger partial charge on any atom is 0.191 e. The first-order valence-electron chi connectivity index (χ1n) is 10.6. The molecule has 1 aromatic heterocycles. The van der Waals surface area contributed by atoms with Crippen LogP contribution >= 0.6 is 0 Å². The minimum atomic E-state index is -0.203. The van der Waals surface area contributed by atoms with E-state index in [0.29, 0.717) is 12.6 Å². The van der Waals surface area contributed by atoms with E-state index in [9.17, 15) is 4.39 Å². The summed E-state index contributed by atoms with van der Waals surface area (Å²) >= 11 is 0. The summed E-state index contributed by atoms with van der Waals surface area (Å²) < 4.78 is 13.5. The highest BCUT2D eigenvalue weighted by atomic mass is 19.1. The molecule has 0 bridgehead atoms. The van der Waals surface area contributed by atoms with Gasteiger partial charge in [-0.1, -0.05) is 13.8 Å². The van der Waals surface area contributed by atoms with E-state index in [2.05, 4.69) is 48.2 Å². The molecule has 5 nitrogen and oxygen atoms in total. The van der Waals surface area contributed by atoms with E-state index >= 15 is 0 Å². The van der Waals surface area contributed by atoms with Crippen LogP contribution in [0, 0.1) is 5.82 Å². The summed E-state index contributed by atoms with van der Waals surface area (Å²) in [5.41, 5.74) is 2.06. The second kappa shape index (κ2) is 11.7. The molecule has 0 saturated heterocycles. The molecule has 0 saturated carbocycles. The Balaban J connectivity index is 1.86. The van der Waals surface area contributed by atoms with E-state index in [1.807, 2.05) is 6.20 Å². The lowest BCUT2D eigenvalue weighted by Crippen LogP contribution is -2.42. The van der Waals surface area contributed by atoms with Crippen molar-refractivity contribution in [3.8, 4) is 0 Å². The molecule has 3 N–H and O–H groups in total.